The van der Waals surface area contributed by atoms with Crippen molar-refractivity contribution in [1.29, 1.82) is 0 Å². The second kappa shape index (κ2) is 9.75. The predicted octanol–water partition coefficient (Wildman–Crippen LogP) is 3.55. The number of rotatable bonds is 7. The van der Waals surface area contributed by atoms with Gasteiger partial charge in [-0.05, 0) is 70.1 Å². The van der Waals surface area contributed by atoms with Gasteiger partial charge in [-0.15, -0.1) is 0 Å². The Morgan fingerprint density at radius 3 is 2.72 bits per heavy atom. The zero-order valence-corrected chi connectivity index (χ0v) is 19.2. The molecule has 0 spiro atoms. The lowest BCUT2D eigenvalue weighted by Gasteiger charge is -2.29. The van der Waals surface area contributed by atoms with Gasteiger partial charge >= 0.3 is 5.97 Å². The van der Waals surface area contributed by atoms with Crippen LogP contribution in [-0.2, 0) is 9.59 Å². The number of carbonyl (C=O) groups excluding carboxylic acids is 2. The standard InChI is InChI=1S/C22H17BrN2O6S/c1-3-7-31-18-16(23)9-12(10-17(18)30-2)8-15-19(26)24-22(32)25(20(15)27)14-6-4-5-13(11-14)21(28)29/h3-6,8-11H,1,7H2,2H3,(H,28,29)(H,24,26,32). The fourth-order valence-corrected chi connectivity index (χ4v) is 3.80. The second-order valence-corrected chi connectivity index (χ2v) is 7.69. The number of nitrogens with one attached hydrogen (secondary N) is 1. The number of thiocarbonyl (C=S) groups is 1. The molecule has 1 aliphatic rings. The highest BCUT2D eigenvalue weighted by molar-refractivity contribution is 9.10. The molecule has 0 aliphatic carbocycles. The Morgan fingerprint density at radius 1 is 1.31 bits per heavy atom. The molecule has 1 aliphatic heterocycles. The Kier molecular flexibility index (Phi) is 7.06. The number of hydrogen-bond donors (Lipinski definition) is 2. The summed E-state index contributed by atoms with van der Waals surface area (Å²) < 4.78 is 11.5. The van der Waals surface area contributed by atoms with Gasteiger partial charge in [0.1, 0.15) is 12.2 Å². The molecule has 0 saturated carbocycles. The Hall–Kier alpha value is -3.50. The first-order chi connectivity index (χ1) is 15.3. The van der Waals surface area contributed by atoms with E-state index < -0.39 is 17.8 Å². The first-order valence-corrected chi connectivity index (χ1v) is 10.3. The van der Waals surface area contributed by atoms with Crippen molar-refractivity contribution < 1.29 is 29.0 Å². The molecular formula is C22H17BrN2O6S. The van der Waals surface area contributed by atoms with Crippen LogP contribution in [-0.4, -0.2) is 41.7 Å². The quantitative estimate of drug-likeness (QED) is 0.251. The number of benzene rings is 2. The van der Waals surface area contributed by atoms with Gasteiger partial charge in [0.15, 0.2) is 16.6 Å². The molecule has 10 heteroatoms. The topological polar surface area (TPSA) is 105 Å². The highest BCUT2D eigenvalue weighted by Gasteiger charge is 2.34. The van der Waals surface area contributed by atoms with E-state index in [9.17, 15) is 19.5 Å². The highest BCUT2D eigenvalue weighted by Crippen LogP contribution is 2.37. The molecule has 2 aromatic carbocycles. The first-order valence-electron chi connectivity index (χ1n) is 9.12. The number of halogens is 1. The highest BCUT2D eigenvalue weighted by atomic mass is 79.9. The van der Waals surface area contributed by atoms with Gasteiger partial charge in [-0.2, -0.15) is 0 Å². The molecule has 32 heavy (non-hydrogen) atoms. The van der Waals surface area contributed by atoms with Crippen molar-refractivity contribution in [2.75, 3.05) is 18.6 Å². The molecule has 0 radical (unpaired) electrons. The number of amides is 2. The molecular weight excluding hydrogens is 500 g/mol. The lowest BCUT2D eigenvalue weighted by Crippen LogP contribution is -2.54. The third kappa shape index (κ3) is 4.71. The van der Waals surface area contributed by atoms with Crippen molar-refractivity contribution in [3.63, 3.8) is 0 Å². The van der Waals surface area contributed by atoms with E-state index in [2.05, 4.69) is 27.8 Å². The van der Waals surface area contributed by atoms with Crippen molar-refractivity contribution in [1.82, 2.24) is 5.32 Å². The molecule has 0 aromatic heterocycles. The molecule has 0 bridgehead atoms. The monoisotopic (exact) mass is 516 g/mol. The number of carboxylic acids is 1. The average molecular weight is 517 g/mol. The van der Waals surface area contributed by atoms with Gasteiger partial charge in [0.05, 0.1) is 22.8 Å². The lowest BCUT2D eigenvalue weighted by atomic mass is 10.1. The van der Waals surface area contributed by atoms with Crippen molar-refractivity contribution >= 4 is 62.8 Å². The van der Waals surface area contributed by atoms with Crippen molar-refractivity contribution in [3.05, 3.63) is 70.2 Å². The molecule has 0 atom stereocenters. The van der Waals surface area contributed by atoms with Crippen LogP contribution in [0.2, 0.25) is 0 Å². The van der Waals surface area contributed by atoms with E-state index in [4.69, 9.17) is 21.7 Å². The SMILES string of the molecule is C=CCOc1c(Br)cc(C=C2C(=O)NC(=S)N(c3cccc(C(=O)O)c3)C2=O)cc1OC. The fourth-order valence-electron chi connectivity index (χ4n) is 2.94. The van der Waals surface area contributed by atoms with Crippen LogP contribution in [0.25, 0.3) is 6.08 Å². The third-order valence-electron chi connectivity index (χ3n) is 4.36. The predicted molar refractivity (Wildman–Crippen MR) is 126 cm³/mol. The molecule has 3 rings (SSSR count). The van der Waals surface area contributed by atoms with Crippen LogP contribution < -0.4 is 19.7 Å². The van der Waals surface area contributed by atoms with Crippen LogP contribution >= 0.6 is 28.1 Å². The van der Waals surface area contributed by atoms with E-state index >= 15 is 0 Å². The Bertz CT molecular complexity index is 1180. The Labute approximate surface area is 197 Å². The number of ether oxygens (including phenoxy) is 2. The summed E-state index contributed by atoms with van der Waals surface area (Å²) in [6.07, 6.45) is 2.97. The molecule has 1 heterocycles. The van der Waals surface area contributed by atoms with Gasteiger partial charge in [-0.3, -0.25) is 19.8 Å². The molecule has 8 nitrogen and oxygen atoms in total. The van der Waals surface area contributed by atoms with Crippen LogP contribution in [0.5, 0.6) is 11.5 Å². The minimum atomic E-state index is -1.15. The summed E-state index contributed by atoms with van der Waals surface area (Å²) in [5.41, 5.74) is 0.500. The summed E-state index contributed by atoms with van der Waals surface area (Å²) in [5.74, 6) is -1.69. The number of carboxylic acid groups (broad SMARTS) is 1. The van der Waals surface area contributed by atoms with E-state index in [0.717, 1.165) is 4.90 Å². The normalized spacial score (nSPS) is 14.9. The largest absolute Gasteiger partial charge is 0.493 e. The van der Waals surface area contributed by atoms with Gasteiger partial charge in [-0.1, -0.05) is 18.7 Å². The Balaban J connectivity index is 2.03. The van der Waals surface area contributed by atoms with Gasteiger partial charge in [0.2, 0.25) is 0 Å². The van der Waals surface area contributed by atoms with Crippen LogP contribution in [0.3, 0.4) is 0 Å². The maximum Gasteiger partial charge on any atom is 0.335 e. The van der Waals surface area contributed by atoms with Crippen LogP contribution in [0.4, 0.5) is 5.69 Å². The van der Waals surface area contributed by atoms with Crippen LogP contribution in [0.15, 0.2) is 59.1 Å². The van der Waals surface area contributed by atoms with Gasteiger partial charge < -0.3 is 14.6 Å². The van der Waals surface area contributed by atoms with E-state index in [-0.39, 0.29) is 28.5 Å². The van der Waals surface area contributed by atoms with Gasteiger partial charge in [0.25, 0.3) is 11.8 Å². The molecule has 2 aromatic rings. The summed E-state index contributed by atoms with van der Waals surface area (Å²) in [6.45, 7) is 3.87. The van der Waals surface area contributed by atoms with Crippen LogP contribution in [0, 0.1) is 0 Å². The minimum Gasteiger partial charge on any atom is -0.493 e. The van der Waals surface area contributed by atoms with Crippen molar-refractivity contribution in [3.8, 4) is 11.5 Å². The number of hydrogen-bond acceptors (Lipinski definition) is 6. The number of carbonyl (C=O) groups is 3. The number of nitrogens with zero attached hydrogens (tertiary/aromatic N) is 1. The zero-order chi connectivity index (χ0) is 23.4. The lowest BCUT2D eigenvalue weighted by molar-refractivity contribution is -0.122. The summed E-state index contributed by atoms with van der Waals surface area (Å²) >= 11 is 8.56. The zero-order valence-electron chi connectivity index (χ0n) is 16.8. The maximum atomic E-state index is 13.2. The fraction of sp³-hybridized carbons (Fsp3) is 0.0909. The van der Waals surface area contributed by atoms with E-state index in [0.29, 0.717) is 21.5 Å². The molecule has 2 amide bonds. The number of anilines is 1. The number of methoxy groups -OCH3 is 1. The summed E-state index contributed by atoms with van der Waals surface area (Å²) in [4.78, 5) is 38.1. The molecule has 1 saturated heterocycles. The summed E-state index contributed by atoms with van der Waals surface area (Å²) in [6, 6.07) is 8.97. The van der Waals surface area contributed by atoms with E-state index in [1.165, 1.54) is 37.5 Å². The average Bonchev–Trinajstić information content (AvgIpc) is 2.75. The number of aromatic carboxylic acids is 1. The smallest absolute Gasteiger partial charge is 0.335 e. The molecule has 164 valence electrons. The molecule has 0 unspecified atom stereocenters. The van der Waals surface area contributed by atoms with Gasteiger partial charge in [0, 0.05) is 0 Å². The molecule has 2 N–H and O–H groups in total. The summed E-state index contributed by atoms with van der Waals surface area (Å²) in [5, 5.41) is 11.5. The Morgan fingerprint density at radius 2 is 2.06 bits per heavy atom. The van der Waals surface area contributed by atoms with E-state index in [1.54, 1.807) is 18.2 Å². The maximum absolute atomic E-state index is 13.2. The first kappa shape index (κ1) is 23.2. The third-order valence-corrected chi connectivity index (χ3v) is 5.23. The second-order valence-electron chi connectivity index (χ2n) is 6.45. The van der Waals surface area contributed by atoms with Gasteiger partial charge in [-0.25, -0.2) is 4.79 Å². The van der Waals surface area contributed by atoms with Crippen molar-refractivity contribution in [2.24, 2.45) is 0 Å². The molecule has 1 fully saturated rings. The summed E-state index contributed by atoms with van der Waals surface area (Å²) in [7, 11) is 1.47. The van der Waals surface area contributed by atoms with Crippen LogP contribution in [0.1, 0.15) is 15.9 Å². The van der Waals surface area contributed by atoms with Crippen molar-refractivity contribution in [2.45, 2.75) is 0 Å². The van der Waals surface area contributed by atoms with E-state index in [1.807, 2.05) is 0 Å². The minimum absolute atomic E-state index is 0.0238.